The van der Waals surface area contributed by atoms with Gasteiger partial charge < -0.3 is 16.2 Å². The molecule has 0 aliphatic heterocycles. The van der Waals surface area contributed by atoms with Crippen molar-refractivity contribution in [2.75, 3.05) is 18.1 Å². The van der Waals surface area contributed by atoms with Gasteiger partial charge in [0.2, 0.25) is 0 Å². The Labute approximate surface area is 121 Å². The molecule has 0 fully saturated rings. The predicted octanol–water partition coefficient (Wildman–Crippen LogP) is 2.08. The Bertz CT molecular complexity index is 647. The second-order valence-electron chi connectivity index (χ2n) is 4.44. The number of carbonyl (C=O) groups excluding carboxylic acids is 1. The molecule has 1 heterocycles. The van der Waals surface area contributed by atoms with Crippen LogP contribution in [0.4, 0.5) is 15.8 Å². The lowest BCUT2D eigenvalue weighted by molar-refractivity contribution is -0.143. The minimum atomic E-state index is -0.929. The zero-order valence-electron chi connectivity index (χ0n) is 11.5. The quantitative estimate of drug-likeness (QED) is 0.664. The topological polar surface area (TPSA) is 91.2 Å². The molecule has 2 rings (SSSR count). The van der Waals surface area contributed by atoms with Crippen LogP contribution in [0.5, 0.6) is 0 Å². The van der Waals surface area contributed by atoms with Gasteiger partial charge >= 0.3 is 5.97 Å². The number of benzene rings is 1. The lowest BCUT2D eigenvalue weighted by Gasteiger charge is -2.18. The normalized spacial score (nSPS) is 11.9. The van der Waals surface area contributed by atoms with Crippen LogP contribution < -0.4 is 11.5 Å². The Balaban J connectivity index is 2.56. The maximum absolute atomic E-state index is 14.4. The molecule has 2 aromatic rings. The van der Waals surface area contributed by atoms with E-state index in [4.69, 9.17) is 16.2 Å². The number of aromatic nitrogens is 1. The van der Waals surface area contributed by atoms with E-state index >= 15 is 0 Å². The Morgan fingerprint density at radius 3 is 2.76 bits per heavy atom. The first-order valence-electron chi connectivity index (χ1n) is 6.46. The van der Waals surface area contributed by atoms with Gasteiger partial charge in [-0.3, -0.25) is 9.78 Å². The first kappa shape index (κ1) is 14.8. The summed E-state index contributed by atoms with van der Waals surface area (Å²) in [5.41, 5.74) is 11.8. The van der Waals surface area contributed by atoms with Gasteiger partial charge in [0, 0.05) is 18.0 Å². The van der Waals surface area contributed by atoms with Crippen molar-refractivity contribution < 1.29 is 13.9 Å². The van der Waals surface area contributed by atoms with Crippen molar-refractivity contribution in [1.82, 2.24) is 4.98 Å². The van der Waals surface area contributed by atoms with Crippen LogP contribution in [0.25, 0.3) is 0 Å². The molecule has 110 valence electrons. The van der Waals surface area contributed by atoms with Gasteiger partial charge in [0.15, 0.2) is 5.82 Å². The van der Waals surface area contributed by atoms with Crippen molar-refractivity contribution in [3.8, 4) is 0 Å². The summed E-state index contributed by atoms with van der Waals surface area (Å²) < 4.78 is 19.4. The lowest BCUT2D eigenvalue weighted by Crippen LogP contribution is -2.19. The highest BCUT2D eigenvalue weighted by atomic mass is 19.1. The summed E-state index contributed by atoms with van der Waals surface area (Å²) in [5.74, 6) is -2.20. The third-order valence-corrected chi connectivity index (χ3v) is 3.09. The fourth-order valence-corrected chi connectivity index (χ4v) is 2.06. The van der Waals surface area contributed by atoms with Crippen molar-refractivity contribution in [2.45, 2.75) is 12.8 Å². The Kier molecular flexibility index (Phi) is 4.37. The van der Waals surface area contributed by atoms with E-state index in [0.717, 1.165) is 0 Å². The van der Waals surface area contributed by atoms with E-state index in [1.165, 1.54) is 18.3 Å². The molecule has 1 atom stereocenters. The van der Waals surface area contributed by atoms with E-state index in [1.54, 1.807) is 25.3 Å². The molecule has 1 aromatic carbocycles. The van der Waals surface area contributed by atoms with Gasteiger partial charge in [0.1, 0.15) is 5.92 Å². The van der Waals surface area contributed by atoms with Crippen LogP contribution in [0.1, 0.15) is 24.0 Å². The Hall–Kier alpha value is -2.63. The van der Waals surface area contributed by atoms with Gasteiger partial charge in [-0.1, -0.05) is 12.1 Å². The lowest BCUT2D eigenvalue weighted by atomic mass is 9.91. The third kappa shape index (κ3) is 2.94. The Morgan fingerprint density at radius 1 is 1.38 bits per heavy atom. The number of esters is 1. The number of ether oxygens (including phenoxy) is 1. The number of hydrogen-bond donors (Lipinski definition) is 2. The van der Waals surface area contributed by atoms with Crippen molar-refractivity contribution >= 4 is 17.3 Å². The first-order chi connectivity index (χ1) is 10.1. The number of nitrogens with zero attached hydrogens (tertiary/aromatic N) is 1. The van der Waals surface area contributed by atoms with Crippen LogP contribution in [0.2, 0.25) is 0 Å². The van der Waals surface area contributed by atoms with E-state index < -0.39 is 17.7 Å². The monoisotopic (exact) mass is 289 g/mol. The zero-order valence-corrected chi connectivity index (χ0v) is 11.5. The van der Waals surface area contributed by atoms with E-state index in [9.17, 15) is 9.18 Å². The van der Waals surface area contributed by atoms with Crippen LogP contribution in [0.3, 0.4) is 0 Å². The summed E-state index contributed by atoms with van der Waals surface area (Å²) in [6.45, 7) is 1.88. The standard InChI is InChI=1S/C15H16FN3O2/c1-2-21-15(20)12(9-4-3-7-19-8-9)10-5-6-11(17)14(18)13(10)16/h3-8,12H,2,17-18H2,1H3. The van der Waals surface area contributed by atoms with Crippen LogP contribution >= 0.6 is 0 Å². The van der Waals surface area contributed by atoms with Crippen LogP contribution in [-0.4, -0.2) is 17.6 Å². The molecule has 0 amide bonds. The largest absolute Gasteiger partial charge is 0.465 e. The van der Waals surface area contributed by atoms with Gasteiger partial charge in [-0.2, -0.15) is 0 Å². The van der Waals surface area contributed by atoms with Crippen LogP contribution in [0, 0.1) is 5.82 Å². The molecule has 0 saturated heterocycles. The SMILES string of the molecule is CCOC(=O)C(c1cccnc1)c1ccc(N)c(N)c1F. The minimum Gasteiger partial charge on any atom is -0.465 e. The van der Waals surface area contributed by atoms with Crippen molar-refractivity contribution in [1.29, 1.82) is 0 Å². The average molecular weight is 289 g/mol. The molecular formula is C15H16FN3O2. The summed E-state index contributed by atoms with van der Waals surface area (Å²) in [6.07, 6.45) is 3.06. The number of nitrogen functional groups attached to an aromatic ring is 2. The number of pyridine rings is 1. The summed E-state index contributed by atoms with van der Waals surface area (Å²) in [6, 6.07) is 6.26. The molecule has 1 aromatic heterocycles. The van der Waals surface area contributed by atoms with E-state index in [2.05, 4.69) is 4.98 Å². The molecule has 6 heteroatoms. The highest BCUT2D eigenvalue weighted by Gasteiger charge is 2.28. The zero-order chi connectivity index (χ0) is 15.4. The molecule has 21 heavy (non-hydrogen) atoms. The van der Waals surface area contributed by atoms with Crippen molar-refractivity contribution in [3.63, 3.8) is 0 Å². The molecule has 0 radical (unpaired) electrons. The molecule has 0 aliphatic carbocycles. The number of halogens is 1. The maximum Gasteiger partial charge on any atom is 0.318 e. The van der Waals surface area contributed by atoms with Gasteiger partial charge in [-0.25, -0.2) is 4.39 Å². The fraction of sp³-hybridized carbons (Fsp3) is 0.200. The summed E-state index contributed by atoms with van der Waals surface area (Å²) in [5, 5.41) is 0. The molecule has 0 spiro atoms. The second kappa shape index (κ2) is 6.21. The molecule has 0 bridgehead atoms. The van der Waals surface area contributed by atoms with Crippen molar-refractivity contribution in [2.24, 2.45) is 0 Å². The predicted molar refractivity (Wildman–Crippen MR) is 77.9 cm³/mol. The third-order valence-electron chi connectivity index (χ3n) is 3.09. The highest BCUT2D eigenvalue weighted by Crippen LogP contribution is 2.32. The molecule has 0 aliphatic rings. The Morgan fingerprint density at radius 2 is 2.14 bits per heavy atom. The maximum atomic E-state index is 14.4. The number of carbonyl (C=O) groups is 1. The van der Waals surface area contributed by atoms with E-state index in [-0.39, 0.29) is 23.5 Å². The smallest absolute Gasteiger partial charge is 0.318 e. The molecule has 5 nitrogen and oxygen atoms in total. The average Bonchev–Trinajstić information content (AvgIpc) is 2.49. The van der Waals surface area contributed by atoms with Crippen molar-refractivity contribution in [3.05, 3.63) is 53.6 Å². The minimum absolute atomic E-state index is 0.119. The van der Waals surface area contributed by atoms with E-state index in [1.807, 2.05) is 0 Å². The highest BCUT2D eigenvalue weighted by molar-refractivity contribution is 5.83. The number of hydrogen-bond acceptors (Lipinski definition) is 5. The fourth-order valence-electron chi connectivity index (χ4n) is 2.06. The summed E-state index contributed by atoms with van der Waals surface area (Å²) >= 11 is 0. The van der Waals surface area contributed by atoms with Gasteiger partial charge in [0.25, 0.3) is 0 Å². The molecule has 1 unspecified atom stereocenters. The van der Waals surface area contributed by atoms with E-state index in [0.29, 0.717) is 5.56 Å². The number of rotatable bonds is 4. The molecule has 0 saturated carbocycles. The molecule has 4 N–H and O–H groups in total. The second-order valence-corrected chi connectivity index (χ2v) is 4.44. The van der Waals surface area contributed by atoms with Gasteiger partial charge in [0.05, 0.1) is 18.0 Å². The summed E-state index contributed by atoms with van der Waals surface area (Å²) in [4.78, 5) is 16.2. The van der Waals surface area contributed by atoms with Crippen LogP contribution in [0.15, 0.2) is 36.7 Å². The van der Waals surface area contributed by atoms with Crippen LogP contribution in [-0.2, 0) is 9.53 Å². The molecular weight excluding hydrogens is 273 g/mol. The number of nitrogens with two attached hydrogens (primary N) is 2. The van der Waals surface area contributed by atoms with Gasteiger partial charge in [-0.15, -0.1) is 0 Å². The summed E-state index contributed by atoms with van der Waals surface area (Å²) in [7, 11) is 0. The number of anilines is 2. The first-order valence-corrected chi connectivity index (χ1v) is 6.46. The van der Waals surface area contributed by atoms with Gasteiger partial charge in [-0.05, 0) is 24.6 Å².